The highest BCUT2D eigenvalue weighted by molar-refractivity contribution is 5.80. The van der Waals surface area contributed by atoms with E-state index in [2.05, 4.69) is 56.6 Å². The van der Waals surface area contributed by atoms with Gasteiger partial charge < -0.3 is 20.3 Å². The van der Waals surface area contributed by atoms with Crippen LogP contribution in [0.4, 0.5) is 5.69 Å². The number of hydrogen-bond acceptors (Lipinski definition) is 4. The number of fused-ring (bicyclic) bond motifs is 2. The van der Waals surface area contributed by atoms with Crippen LogP contribution in [0.1, 0.15) is 37.7 Å². The number of aliphatic imine (C=N–C) groups is 1. The maximum atomic E-state index is 5.93. The van der Waals surface area contributed by atoms with E-state index in [9.17, 15) is 0 Å². The summed E-state index contributed by atoms with van der Waals surface area (Å²) >= 11 is 0. The fourth-order valence-electron chi connectivity index (χ4n) is 4.88. The Bertz CT molecular complexity index is 686. The lowest BCUT2D eigenvalue weighted by Crippen LogP contribution is -2.48. The maximum Gasteiger partial charge on any atom is 0.191 e. The van der Waals surface area contributed by atoms with Crippen LogP contribution in [0.15, 0.2) is 29.3 Å². The Morgan fingerprint density at radius 2 is 2.03 bits per heavy atom. The lowest BCUT2D eigenvalue weighted by Gasteiger charge is -2.36. The van der Waals surface area contributed by atoms with Gasteiger partial charge in [-0.1, -0.05) is 12.1 Å². The van der Waals surface area contributed by atoms with Gasteiger partial charge in [-0.15, -0.1) is 0 Å². The summed E-state index contributed by atoms with van der Waals surface area (Å²) in [6.45, 7) is 8.92. The van der Waals surface area contributed by atoms with Crippen LogP contribution in [-0.4, -0.2) is 75.4 Å². The molecule has 3 aliphatic rings. The topological polar surface area (TPSA) is 52.1 Å². The maximum absolute atomic E-state index is 5.93. The number of benzene rings is 1. The van der Waals surface area contributed by atoms with Crippen LogP contribution >= 0.6 is 0 Å². The molecule has 6 nitrogen and oxygen atoms in total. The van der Waals surface area contributed by atoms with Gasteiger partial charge in [0.1, 0.15) is 0 Å². The number of unbranched alkanes of at least 4 members (excludes halogenated alkanes) is 1. The highest BCUT2D eigenvalue weighted by Gasteiger charge is 2.41. The summed E-state index contributed by atoms with van der Waals surface area (Å²) in [6, 6.07) is 9.30. The Balaban J connectivity index is 1.08. The van der Waals surface area contributed by atoms with Crippen LogP contribution in [0, 0.1) is 6.92 Å². The molecule has 4 rings (SSSR count). The quantitative estimate of drug-likeness (QED) is 0.419. The number of piperazine rings is 1. The first kappa shape index (κ1) is 20.5. The average Bonchev–Trinajstić information content (AvgIpc) is 3.36. The zero-order valence-corrected chi connectivity index (χ0v) is 18.1. The molecule has 3 unspecified atom stereocenters. The van der Waals surface area contributed by atoms with Gasteiger partial charge in [0.25, 0.3) is 0 Å². The van der Waals surface area contributed by atoms with Crippen molar-refractivity contribution in [2.24, 2.45) is 4.99 Å². The molecule has 2 N–H and O–H groups in total. The van der Waals surface area contributed by atoms with Crippen LogP contribution in [0.5, 0.6) is 0 Å². The summed E-state index contributed by atoms with van der Waals surface area (Å²) in [5.41, 5.74) is 2.71. The highest BCUT2D eigenvalue weighted by Crippen LogP contribution is 2.34. The largest absolute Gasteiger partial charge is 0.373 e. The lowest BCUT2D eigenvalue weighted by atomic mass is 9.96. The van der Waals surface area contributed by atoms with Gasteiger partial charge in [0.15, 0.2) is 5.96 Å². The smallest absolute Gasteiger partial charge is 0.191 e. The first-order chi connectivity index (χ1) is 14.2. The van der Waals surface area contributed by atoms with Gasteiger partial charge in [-0.25, -0.2) is 0 Å². The minimum absolute atomic E-state index is 0.386. The molecule has 0 amide bonds. The molecular weight excluding hydrogens is 362 g/mol. The van der Waals surface area contributed by atoms with Crippen molar-refractivity contribution in [3.63, 3.8) is 0 Å². The van der Waals surface area contributed by atoms with Crippen LogP contribution < -0.4 is 15.5 Å². The third kappa shape index (κ3) is 5.43. The predicted molar refractivity (Wildman–Crippen MR) is 120 cm³/mol. The monoisotopic (exact) mass is 399 g/mol. The summed E-state index contributed by atoms with van der Waals surface area (Å²) in [7, 11) is 1.86. The first-order valence-corrected chi connectivity index (χ1v) is 11.4. The summed E-state index contributed by atoms with van der Waals surface area (Å²) in [5.74, 6) is 0.929. The zero-order chi connectivity index (χ0) is 20.1. The van der Waals surface area contributed by atoms with E-state index in [1.54, 1.807) is 0 Å². The SMILES string of the molecule is CN=C(NCCCCN1CCN(c2cccc(C)c2)CC1)NC1CC2CCC1O2. The lowest BCUT2D eigenvalue weighted by molar-refractivity contribution is 0.0992. The second-order valence-electron chi connectivity index (χ2n) is 8.73. The van der Waals surface area contributed by atoms with Crippen LogP contribution in [0.25, 0.3) is 0 Å². The Morgan fingerprint density at radius 1 is 1.17 bits per heavy atom. The predicted octanol–water partition coefficient (Wildman–Crippen LogP) is 2.38. The van der Waals surface area contributed by atoms with E-state index in [1.165, 1.54) is 43.5 Å². The molecule has 0 aromatic heterocycles. The van der Waals surface area contributed by atoms with Crippen LogP contribution in [0.2, 0.25) is 0 Å². The number of guanidine groups is 1. The fraction of sp³-hybridized carbons (Fsp3) is 0.696. The second kappa shape index (κ2) is 9.81. The highest BCUT2D eigenvalue weighted by atomic mass is 16.5. The van der Waals surface area contributed by atoms with Crippen LogP contribution in [0.3, 0.4) is 0 Å². The van der Waals surface area contributed by atoms with Gasteiger partial charge in [-0.05, 0) is 63.3 Å². The number of aryl methyl sites for hydroxylation is 1. The summed E-state index contributed by atoms with van der Waals surface area (Å²) in [6.07, 6.45) is 6.81. The average molecular weight is 400 g/mol. The minimum Gasteiger partial charge on any atom is -0.373 e. The zero-order valence-electron chi connectivity index (χ0n) is 18.1. The summed E-state index contributed by atoms with van der Waals surface area (Å²) < 4.78 is 5.93. The van der Waals surface area contributed by atoms with Crippen molar-refractivity contribution in [1.29, 1.82) is 0 Å². The van der Waals surface area contributed by atoms with Gasteiger partial charge in [0, 0.05) is 45.5 Å². The number of ether oxygens (including phenoxy) is 1. The number of nitrogens with one attached hydrogen (secondary N) is 2. The molecule has 3 atom stereocenters. The molecule has 3 fully saturated rings. The Morgan fingerprint density at radius 3 is 2.72 bits per heavy atom. The molecule has 0 radical (unpaired) electrons. The third-order valence-corrected chi connectivity index (χ3v) is 6.58. The first-order valence-electron chi connectivity index (χ1n) is 11.4. The Hall–Kier alpha value is -1.79. The van der Waals surface area contributed by atoms with E-state index >= 15 is 0 Å². The van der Waals surface area contributed by atoms with Crippen molar-refractivity contribution in [2.75, 3.05) is 51.2 Å². The van der Waals surface area contributed by atoms with Gasteiger partial charge in [0.05, 0.1) is 18.2 Å². The number of hydrogen-bond donors (Lipinski definition) is 2. The molecule has 3 heterocycles. The number of nitrogens with zero attached hydrogens (tertiary/aromatic N) is 3. The standard InChI is InChI=1S/C23H37N5O/c1-18-6-5-7-19(16-18)28-14-12-27(13-15-28)11-4-3-10-25-23(24-2)26-21-17-20-8-9-22(21)29-20/h5-7,16,20-22H,3-4,8-15,17H2,1-2H3,(H2,24,25,26). The van der Waals surface area contributed by atoms with Crippen molar-refractivity contribution < 1.29 is 4.74 Å². The Kier molecular flexibility index (Phi) is 6.93. The van der Waals surface area contributed by atoms with Crippen molar-refractivity contribution in [1.82, 2.24) is 15.5 Å². The van der Waals surface area contributed by atoms with Crippen molar-refractivity contribution in [2.45, 2.75) is 57.3 Å². The Labute approximate surface area is 175 Å². The molecule has 0 aliphatic carbocycles. The van der Waals surface area contributed by atoms with Crippen molar-refractivity contribution in [3.8, 4) is 0 Å². The van der Waals surface area contributed by atoms with Gasteiger partial charge in [-0.3, -0.25) is 9.89 Å². The van der Waals surface area contributed by atoms with Gasteiger partial charge in [-0.2, -0.15) is 0 Å². The molecule has 29 heavy (non-hydrogen) atoms. The molecule has 3 aliphatic heterocycles. The second-order valence-corrected chi connectivity index (χ2v) is 8.73. The van der Waals surface area contributed by atoms with E-state index in [1.807, 2.05) is 7.05 Å². The summed E-state index contributed by atoms with van der Waals surface area (Å²) in [5, 5.41) is 7.04. The molecule has 0 spiro atoms. The normalized spacial score (nSPS) is 27.4. The van der Waals surface area contributed by atoms with E-state index in [0.29, 0.717) is 18.2 Å². The molecule has 160 valence electrons. The fourth-order valence-corrected chi connectivity index (χ4v) is 4.88. The van der Waals surface area contributed by atoms with E-state index in [4.69, 9.17) is 4.74 Å². The molecule has 1 aromatic carbocycles. The molecule has 0 saturated carbocycles. The van der Waals surface area contributed by atoms with E-state index in [0.717, 1.165) is 45.1 Å². The number of anilines is 1. The molecule has 1 aromatic rings. The summed E-state index contributed by atoms with van der Waals surface area (Å²) in [4.78, 5) is 9.51. The van der Waals surface area contributed by atoms with Gasteiger partial charge in [0.2, 0.25) is 0 Å². The van der Waals surface area contributed by atoms with E-state index < -0.39 is 0 Å². The molecule has 6 heteroatoms. The molecular formula is C23H37N5O. The van der Waals surface area contributed by atoms with Gasteiger partial charge >= 0.3 is 0 Å². The number of rotatable bonds is 7. The van der Waals surface area contributed by atoms with Crippen molar-refractivity contribution >= 4 is 11.6 Å². The minimum atomic E-state index is 0.386. The van der Waals surface area contributed by atoms with E-state index in [-0.39, 0.29) is 0 Å². The third-order valence-electron chi connectivity index (χ3n) is 6.58. The molecule has 3 saturated heterocycles. The van der Waals surface area contributed by atoms with Crippen molar-refractivity contribution in [3.05, 3.63) is 29.8 Å². The van der Waals surface area contributed by atoms with Crippen LogP contribution in [-0.2, 0) is 4.74 Å². The molecule has 2 bridgehead atoms.